The summed E-state index contributed by atoms with van der Waals surface area (Å²) in [6.45, 7) is 6.55. The Hall–Kier alpha value is -0.860. The third-order valence-corrected chi connectivity index (χ3v) is 2.97. The number of aryl methyl sites for hydroxylation is 2. The van der Waals surface area contributed by atoms with Gasteiger partial charge in [-0.1, -0.05) is 23.8 Å². The van der Waals surface area contributed by atoms with Crippen molar-refractivity contribution in [3.8, 4) is 0 Å². The Bertz CT molecular complexity index is 351. The van der Waals surface area contributed by atoms with Crippen LogP contribution in [0.1, 0.15) is 23.6 Å². The molecular formula is C12H16O2. The minimum Gasteiger partial charge on any atom is -0.390 e. The van der Waals surface area contributed by atoms with Crippen LogP contribution in [0.15, 0.2) is 18.2 Å². The molecule has 0 amide bonds. The molecule has 0 aliphatic carbocycles. The quantitative estimate of drug-likeness (QED) is 0.726. The maximum absolute atomic E-state index is 9.66. The van der Waals surface area contributed by atoms with Crippen LogP contribution in [-0.4, -0.2) is 17.8 Å². The van der Waals surface area contributed by atoms with Crippen molar-refractivity contribution in [3.05, 3.63) is 34.9 Å². The van der Waals surface area contributed by atoms with Crippen molar-refractivity contribution in [3.63, 3.8) is 0 Å². The topological polar surface area (TPSA) is 32.8 Å². The van der Waals surface area contributed by atoms with Gasteiger partial charge in [-0.15, -0.1) is 0 Å². The normalized spacial score (nSPS) is 27.4. The van der Waals surface area contributed by atoms with Gasteiger partial charge in [0.1, 0.15) is 5.60 Å². The van der Waals surface area contributed by atoms with Gasteiger partial charge in [0.05, 0.1) is 12.7 Å². The molecule has 0 radical (unpaired) electrons. The van der Waals surface area contributed by atoms with Crippen molar-refractivity contribution >= 4 is 0 Å². The zero-order chi connectivity index (χ0) is 10.3. The molecule has 0 bridgehead atoms. The van der Waals surface area contributed by atoms with E-state index in [1.54, 1.807) is 6.92 Å². The van der Waals surface area contributed by atoms with E-state index in [2.05, 4.69) is 32.0 Å². The average molecular weight is 192 g/mol. The summed E-state index contributed by atoms with van der Waals surface area (Å²) in [5.74, 6) is 0. The van der Waals surface area contributed by atoms with E-state index in [-0.39, 0.29) is 0 Å². The van der Waals surface area contributed by atoms with Crippen LogP contribution in [0, 0.1) is 13.8 Å². The molecule has 0 saturated carbocycles. The van der Waals surface area contributed by atoms with Crippen molar-refractivity contribution in [2.75, 3.05) is 6.61 Å². The molecule has 1 unspecified atom stereocenters. The fourth-order valence-electron chi connectivity index (χ4n) is 1.99. The minimum absolute atomic E-state index is 0.419. The highest BCUT2D eigenvalue weighted by molar-refractivity contribution is 5.38. The van der Waals surface area contributed by atoms with Gasteiger partial charge in [0.15, 0.2) is 0 Å². The van der Waals surface area contributed by atoms with Crippen molar-refractivity contribution in [2.24, 2.45) is 0 Å². The maximum Gasteiger partial charge on any atom is 0.142 e. The van der Waals surface area contributed by atoms with Crippen LogP contribution in [-0.2, 0) is 10.3 Å². The smallest absolute Gasteiger partial charge is 0.142 e. The van der Waals surface area contributed by atoms with Crippen molar-refractivity contribution in [1.29, 1.82) is 0 Å². The highest BCUT2D eigenvalue weighted by Crippen LogP contribution is 2.43. The van der Waals surface area contributed by atoms with E-state index in [9.17, 15) is 5.11 Å². The summed E-state index contributed by atoms with van der Waals surface area (Å²) >= 11 is 0. The van der Waals surface area contributed by atoms with Crippen LogP contribution in [0.5, 0.6) is 0 Å². The van der Waals surface area contributed by atoms with Gasteiger partial charge in [0.2, 0.25) is 0 Å². The Morgan fingerprint density at radius 2 is 2.07 bits per heavy atom. The lowest BCUT2D eigenvalue weighted by atomic mass is 9.90. The average Bonchev–Trinajstić information content (AvgIpc) is 2.84. The van der Waals surface area contributed by atoms with Crippen LogP contribution in [0.2, 0.25) is 0 Å². The molecule has 1 fully saturated rings. The van der Waals surface area contributed by atoms with E-state index in [1.165, 1.54) is 11.1 Å². The van der Waals surface area contributed by atoms with E-state index in [4.69, 9.17) is 4.74 Å². The molecule has 1 aromatic rings. The van der Waals surface area contributed by atoms with Gasteiger partial charge in [0, 0.05) is 0 Å². The first-order valence-electron chi connectivity index (χ1n) is 4.96. The number of aliphatic hydroxyl groups is 1. The highest BCUT2D eigenvalue weighted by atomic mass is 16.6. The SMILES string of the molecule is Cc1ccc([C@@]2(C(C)O)CO2)c(C)c1. The summed E-state index contributed by atoms with van der Waals surface area (Å²) < 4.78 is 5.41. The molecule has 76 valence electrons. The summed E-state index contributed by atoms with van der Waals surface area (Å²) in [6, 6.07) is 6.25. The molecular weight excluding hydrogens is 176 g/mol. The molecule has 1 heterocycles. The first-order chi connectivity index (χ1) is 6.56. The first kappa shape index (κ1) is 9.69. The van der Waals surface area contributed by atoms with Crippen molar-refractivity contribution < 1.29 is 9.84 Å². The van der Waals surface area contributed by atoms with Crippen molar-refractivity contribution in [2.45, 2.75) is 32.5 Å². The van der Waals surface area contributed by atoms with E-state index in [0.717, 1.165) is 5.56 Å². The third-order valence-electron chi connectivity index (χ3n) is 2.97. The fourth-order valence-corrected chi connectivity index (χ4v) is 1.99. The number of hydrogen-bond acceptors (Lipinski definition) is 2. The van der Waals surface area contributed by atoms with E-state index in [1.807, 2.05) is 0 Å². The number of benzene rings is 1. The first-order valence-corrected chi connectivity index (χ1v) is 4.96. The molecule has 0 aromatic heterocycles. The predicted molar refractivity (Wildman–Crippen MR) is 55.2 cm³/mol. The molecule has 0 spiro atoms. The Kier molecular flexibility index (Phi) is 2.13. The Morgan fingerprint density at radius 3 is 2.50 bits per heavy atom. The summed E-state index contributed by atoms with van der Waals surface area (Å²) in [5, 5.41) is 9.66. The lowest BCUT2D eigenvalue weighted by molar-refractivity contribution is 0.0883. The molecule has 2 rings (SSSR count). The standard InChI is InChI=1S/C12H16O2/c1-8-4-5-11(9(2)6-8)12(7-14-12)10(3)13/h4-6,10,13H,7H2,1-3H3/t10?,12-/m0/s1. The Morgan fingerprint density at radius 1 is 1.43 bits per heavy atom. The van der Waals surface area contributed by atoms with Crippen LogP contribution in [0.25, 0.3) is 0 Å². The summed E-state index contributed by atoms with van der Waals surface area (Å²) in [5.41, 5.74) is 3.15. The lowest BCUT2D eigenvalue weighted by Crippen LogP contribution is -2.25. The minimum atomic E-state index is -0.441. The molecule has 1 aliphatic heterocycles. The number of rotatable bonds is 2. The van der Waals surface area contributed by atoms with Crippen molar-refractivity contribution in [1.82, 2.24) is 0 Å². The lowest BCUT2D eigenvalue weighted by Gasteiger charge is -2.18. The molecule has 2 atom stereocenters. The van der Waals surface area contributed by atoms with Gasteiger partial charge in [-0.2, -0.15) is 0 Å². The number of aliphatic hydroxyl groups excluding tert-OH is 1. The second-order valence-electron chi connectivity index (χ2n) is 4.17. The molecule has 1 N–H and O–H groups in total. The van der Waals surface area contributed by atoms with Crippen LogP contribution < -0.4 is 0 Å². The molecule has 2 heteroatoms. The third kappa shape index (κ3) is 1.35. The number of epoxide rings is 1. The monoisotopic (exact) mass is 192 g/mol. The summed E-state index contributed by atoms with van der Waals surface area (Å²) in [6.07, 6.45) is -0.441. The molecule has 1 saturated heterocycles. The van der Waals surface area contributed by atoms with Crippen LogP contribution >= 0.6 is 0 Å². The van der Waals surface area contributed by atoms with Crippen LogP contribution in [0.3, 0.4) is 0 Å². The van der Waals surface area contributed by atoms with Gasteiger partial charge in [-0.25, -0.2) is 0 Å². The van der Waals surface area contributed by atoms with Crippen LogP contribution in [0.4, 0.5) is 0 Å². The zero-order valence-electron chi connectivity index (χ0n) is 8.87. The molecule has 14 heavy (non-hydrogen) atoms. The fraction of sp³-hybridized carbons (Fsp3) is 0.500. The number of hydrogen-bond donors (Lipinski definition) is 1. The maximum atomic E-state index is 9.66. The van der Waals surface area contributed by atoms with E-state index < -0.39 is 11.7 Å². The highest BCUT2D eigenvalue weighted by Gasteiger charge is 2.51. The molecule has 1 aromatic carbocycles. The zero-order valence-corrected chi connectivity index (χ0v) is 8.87. The van der Waals surface area contributed by atoms with Gasteiger partial charge < -0.3 is 9.84 Å². The van der Waals surface area contributed by atoms with E-state index >= 15 is 0 Å². The van der Waals surface area contributed by atoms with Gasteiger partial charge in [-0.05, 0) is 31.9 Å². The second kappa shape index (κ2) is 3.07. The largest absolute Gasteiger partial charge is 0.390 e. The van der Waals surface area contributed by atoms with E-state index in [0.29, 0.717) is 6.61 Å². The summed E-state index contributed by atoms with van der Waals surface area (Å²) in [4.78, 5) is 0. The predicted octanol–water partition coefficient (Wildman–Crippen LogP) is 1.91. The van der Waals surface area contributed by atoms with Gasteiger partial charge in [-0.3, -0.25) is 0 Å². The molecule has 1 aliphatic rings. The Balaban J connectivity index is 2.42. The van der Waals surface area contributed by atoms with Gasteiger partial charge in [0.25, 0.3) is 0 Å². The molecule has 2 nitrogen and oxygen atoms in total. The Labute approximate surface area is 84.5 Å². The summed E-state index contributed by atoms with van der Waals surface area (Å²) in [7, 11) is 0. The number of ether oxygens (including phenoxy) is 1. The second-order valence-corrected chi connectivity index (χ2v) is 4.17. The van der Waals surface area contributed by atoms with Gasteiger partial charge >= 0.3 is 0 Å².